The molecule has 158 valence electrons. The molecule has 2 heterocycles. The maximum Gasteiger partial charge on any atom is 0.258 e. The fourth-order valence-electron chi connectivity index (χ4n) is 6.51. The van der Waals surface area contributed by atoms with Crippen molar-refractivity contribution in [3.63, 3.8) is 0 Å². The van der Waals surface area contributed by atoms with Crippen molar-refractivity contribution >= 4 is 11.8 Å². The third kappa shape index (κ3) is 3.64. The second-order valence-electron chi connectivity index (χ2n) is 9.60. The van der Waals surface area contributed by atoms with Crippen molar-refractivity contribution in [3.05, 3.63) is 11.8 Å². The van der Waals surface area contributed by atoms with Gasteiger partial charge in [0.2, 0.25) is 11.8 Å². The Morgan fingerprint density at radius 1 is 1.21 bits per heavy atom. The van der Waals surface area contributed by atoms with Crippen molar-refractivity contribution in [1.82, 2.24) is 20.0 Å². The van der Waals surface area contributed by atoms with E-state index in [1.54, 1.807) is 17.9 Å². The Morgan fingerprint density at radius 2 is 1.93 bits per heavy atom. The molecule has 0 radical (unpaired) electrons. The van der Waals surface area contributed by atoms with Gasteiger partial charge in [-0.3, -0.25) is 9.59 Å². The zero-order valence-corrected chi connectivity index (χ0v) is 17.3. The summed E-state index contributed by atoms with van der Waals surface area (Å²) in [6.45, 7) is 2.04. The number of rotatable bonds is 7. The van der Waals surface area contributed by atoms with E-state index in [-0.39, 0.29) is 11.8 Å². The maximum atomic E-state index is 13.1. The summed E-state index contributed by atoms with van der Waals surface area (Å²) in [7, 11) is 1.80. The third-order valence-electron chi connectivity index (χ3n) is 7.64. The predicted octanol–water partition coefficient (Wildman–Crippen LogP) is 2.37. The van der Waals surface area contributed by atoms with Crippen LogP contribution in [0.1, 0.15) is 61.7 Å². The van der Waals surface area contributed by atoms with E-state index in [9.17, 15) is 9.59 Å². The number of aromatic nitrogens is 2. The smallest absolute Gasteiger partial charge is 0.258 e. The monoisotopic (exact) mass is 400 g/mol. The zero-order chi connectivity index (χ0) is 20.0. The summed E-state index contributed by atoms with van der Waals surface area (Å²) in [5.41, 5.74) is 0.526. The van der Waals surface area contributed by atoms with Crippen molar-refractivity contribution < 1.29 is 14.3 Å². The number of likely N-dealkylation sites (tertiary alicyclic amines) is 1. The van der Waals surface area contributed by atoms with Gasteiger partial charge in [0, 0.05) is 32.6 Å². The van der Waals surface area contributed by atoms with Gasteiger partial charge in [0.15, 0.2) is 0 Å². The van der Waals surface area contributed by atoms with Gasteiger partial charge < -0.3 is 15.0 Å². The molecular weight excluding hydrogens is 368 g/mol. The topological polar surface area (TPSA) is 76.5 Å². The summed E-state index contributed by atoms with van der Waals surface area (Å²) in [6.07, 6.45) is 10.5. The quantitative estimate of drug-likeness (QED) is 0.713. The second kappa shape index (κ2) is 7.65. The number of hydrogen-bond donors (Lipinski definition) is 1. The molecule has 7 heteroatoms. The van der Waals surface area contributed by atoms with E-state index in [1.807, 2.05) is 4.90 Å². The van der Waals surface area contributed by atoms with Crippen LogP contribution in [0.15, 0.2) is 6.20 Å². The van der Waals surface area contributed by atoms with E-state index >= 15 is 0 Å². The minimum atomic E-state index is -0.0553. The summed E-state index contributed by atoms with van der Waals surface area (Å²) in [6, 6.07) is 0.310. The third-order valence-corrected chi connectivity index (χ3v) is 7.64. The molecule has 5 fully saturated rings. The fourth-order valence-corrected chi connectivity index (χ4v) is 6.51. The first kappa shape index (κ1) is 18.9. The molecule has 1 saturated heterocycles. The van der Waals surface area contributed by atoms with Crippen LogP contribution in [0.25, 0.3) is 0 Å². The highest BCUT2D eigenvalue weighted by atomic mass is 16.5. The largest absolute Gasteiger partial charge is 0.477 e. The lowest BCUT2D eigenvalue weighted by molar-refractivity contribution is -0.127. The van der Waals surface area contributed by atoms with Crippen molar-refractivity contribution in [2.24, 2.45) is 30.7 Å². The first-order chi connectivity index (χ1) is 14.1. The molecule has 1 aromatic heterocycles. The summed E-state index contributed by atoms with van der Waals surface area (Å²) in [4.78, 5) is 26.7. The number of nitrogens with one attached hydrogen (secondary N) is 1. The molecule has 6 rings (SSSR count). The van der Waals surface area contributed by atoms with Crippen LogP contribution in [-0.4, -0.2) is 52.2 Å². The Hall–Kier alpha value is -2.05. The molecule has 0 unspecified atom stereocenters. The van der Waals surface area contributed by atoms with Crippen molar-refractivity contribution in [3.8, 4) is 5.88 Å². The van der Waals surface area contributed by atoms with Crippen LogP contribution < -0.4 is 10.1 Å². The highest BCUT2D eigenvalue weighted by Crippen LogP contribution is 2.53. The highest BCUT2D eigenvalue weighted by Gasteiger charge is 2.48. The summed E-state index contributed by atoms with van der Waals surface area (Å²) >= 11 is 0. The summed E-state index contributed by atoms with van der Waals surface area (Å²) < 4.78 is 7.56. The van der Waals surface area contributed by atoms with E-state index in [4.69, 9.17) is 4.74 Å². The van der Waals surface area contributed by atoms with Crippen LogP contribution >= 0.6 is 0 Å². The first-order valence-electron chi connectivity index (χ1n) is 11.3. The number of nitrogens with zero attached hydrogens (tertiary/aromatic N) is 3. The molecule has 0 aromatic carbocycles. The van der Waals surface area contributed by atoms with E-state index in [0.29, 0.717) is 48.9 Å². The second-order valence-corrected chi connectivity index (χ2v) is 9.60. The molecule has 0 spiro atoms. The maximum absolute atomic E-state index is 13.1. The lowest BCUT2D eigenvalue weighted by Crippen LogP contribution is -2.55. The average molecular weight is 401 g/mol. The Kier molecular flexibility index (Phi) is 5.00. The van der Waals surface area contributed by atoms with E-state index in [2.05, 4.69) is 10.4 Å². The SMILES string of the molecule is Cn1ncc(C(=O)NC2C3CC4CC(C3)CC2C4)c1OCCCN1CCCC1=O. The molecule has 29 heavy (non-hydrogen) atoms. The van der Waals surface area contributed by atoms with Gasteiger partial charge in [0.25, 0.3) is 5.91 Å². The predicted molar refractivity (Wildman–Crippen MR) is 107 cm³/mol. The molecule has 4 bridgehead atoms. The normalized spacial score (nSPS) is 32.8. The van der Waals surface area contributed by atoms with Gasteiger partial charge in [-0.15, -0.1) is 0 Å². The molecule has 1 aliphatic heterocycles. The van der Waals surface area contributed by atoms with Crippen LogP contribution in [0.3, 0.4) is 0 Å². The fraction of sp³-hybridized carbons (Fsp3) is 0.773. The standard InChI is InChI=1S/C22H32N4O3/c1-25-22(29-7-3-6-26-5-2-4-19(26)27)18(13-23-25)21(28)24-20-16-9-14-8-15(11-16)12-17(20)10-14/h13-17,20H,2-12H2,1H3,(H,24,28). The molecule has 1 aromatic rings. The van der Waals surface area contributed by atoms with Gasteiger partial charge in [0.05, 0.1) is 12.8 Å². The minimum absolute atomic E-state index is 0.0553. The van der Waals surface area contributed by atoms with Gasteiger partial charge in [0.1, 0.15) is 5.56 Å². The van der Waals surface area contributed by atoms with Gasteiger partial charge >= 0.3 is 0 Å². The van der Waals surface area contributed by atoms with Crippen LogP contribution in [0.2, 0.25) is 0 Å². The lowest BCUT2D eigenvalue weighted by atomic mass is 9.54. The van der Waals surface area contributed by atoms with E-state index < -0.39 is 0 Å². The number of ether oxygens (including phenoxy) is 1. The zero-order valence-electron chi connectivity index (χ0n) is 17.3. The van der Waals surface area contributed by atoms with Gasteiger partial charge in [-0.1, -0.05) is 0 Å². The van der Waals surface area contributed by atoms with Crippen molar-refractivity contribution in [2.45, 2.75) is 57.4 Å². The van der Waals surface area contributed by atoms with Crippen LogP contribution in [0, 0.1) is 23.7 Å². The molecule has 4 saturated carbocycles. The Balaban J connectivity index is 1.18. The van der Waals surface area contributed by atoms with Crippen LogP contribution in [0.5, 0.6) is 5.88 Å². The van der Waals surface area contributed by atoms with Gasteiger partial charge in [-0.25, -0.2) is 4.68 Å². The molecule has 7 nitrogen and oxygen atoms in total. The average Bonchev–Trinajstić information content (AvgIpc) is 3.26. The van der Waals surface area contributed by atoms with Crippen molar-refractivity contribution in [1.29, 1.82) is 0 Å². The minimum Gasteiger partial charge on any atom is -0.477 e. The Labute approximate surface area is 172 Å². The van der Waals surface area contributed by atoms with Crippen molar-refractivity contribution in [2.75, 3.05) is 19.7 Å². The van der Waals surface area contributed by atoms with Crippen LogP contribution in [-0.2, 0) is 11.8 Å². The molecule has 4 aliphatic carbocycles. The Bertz CT molecular complexity index is 761. The van der Waals surface area contributed by atoms with Gasteiger partial charge in [-0.2, -0.15) is 5.10 Å². The molecular formula is C22H32N4O3. The van der Waals surface area contributed by atoms with E-state index in [1.165, 1.54) is 32.1 Å². The highest BCUT2D eigenvalue weighted by molar-refractivity contribution is 5.96. The molecule has 5 aliphatic rings. The van der Waals surface area contributed by atoms with Gasteiger partial charge in [-0.05, 0) is 68.6 Å². The van der Waals surface area contributed by atoms with Crippen LogP contribution in [0.4, 0.5) is 0 Å². The molecule has 2 amide bonds. The number of carbonyl (C=O) groups excluding carboxylic acids is 2. The number of amides is 2. The number of carbonyl (C=O) groups is 2. The Morgan fingerprint density at radius 3 is 2.59 bits per heavy atom. The first-order valence-corrected chi connectivity index (χ1v) is 11.3. The lowest BCUT2D eigenvalue weighted by Gasteiger charge is -2.54. The summed E-state index contributed by atoms with van der Waals surface area (Å²) in [5.74, 6) is 3.79. The molecule has 1 N–H and O–H groups in total. The number of hydrogen-bond acceptors (Lipinski definition) is 4. The number of aryl methyl sites for hydroxylation is 1. The van der Waals surface area contributed by atoms with E-state index in [0.717, 1.165) is 31.2 Å². The molecule has 0 atom stereocenters. The summed E-state index contributed by atoms with van der Waals surface area (Å²) in [5, 5.41) is 7.60.